The van der Waals surface area contributed by atoms with Crippen LogP contribution in [0.2, 0.25) is 0 Å². The highest BCUT2D eigenvalue weighted by Gasteiger charge is 2.35. The van der Waals surface area contributed by atoms with Crippen LogP contribution >= 0.6 is 0 Å². The molecule has 0 aromatic carbocycles. The van der Waals surface area contributed by atoms with Gasteiger partial charge in [-0.25, -0.2) is 9.78 Å². The second-order valence-corrected chi connectivity index (χ2v) is 7.90. The van der Waals surface area contributed by atoms with Crippen LogP contribution in [0, 0.1) is 5.92 Å². The van der Waals surface area contributed by atoms with E-state index in [4.69, 9.17) is 0 Å². The SMILES string of the molecule is O=C(CCCCCN1C(=O)N=C2C=CC=CC2C1=O)N1CCN(c2ccccn2)CC1. The molecule has 4 rings (SSSR count). The molecule has 8 heteroatoms. The quantitative estimate of drug-likeness (QED) is 0.631. The lowest BCUT2D eigenvalue weighted by atomic mass is 9.95. The van der Waals surface area contributed by atoms with Crippen LogP contribution in [0.3, 0.4) is 0 Å². The number of pyridine rings is 1. The Morgan fingerprint density at radius 3 is 2.65 bits per heavy atom. The number of fused-ring (bicyclic) bond motifs is 1. The third-order valence-electron chi connectivity index (χ3n) is 5.87. The first-order valence-electron chi connectivity index (χ1n) is 10.9. The summed E-state index contributed by atoms with van der Waals surface area (Å²) in [4.78, 5) is 51.0. The fraction of sp³-hybridized carbons (Fsp3) is 0.435. The molecule has 1 aromatic heterocycles. The summed E-state index contributed by atoms with van der Waals surface area (Å²) in [6.07, 6.45) is 11.5. The average molecular weight is 422 g/mol. The van der Waals surface area contributed by atoms with Crippen LogP contribution in [0.4, 0.5) is 10.6 Å². The van der Waals surface area contributed by atoms with Crippen molar-refractivity contribution >= 4 is 29.4 Å². The van der Waals surface area contributed by atoms with Crippen LogP contribution in [0.15, 0.2) is 53.7 Å². The normalized spacial score (nSPS) is 20.7. The number of urea groups is 1. The second-order valence-electron chi connectivity index (χ2n) is 7.90. The maximum Gasteiger partial charge on any atom is 0.350 e. The van der Waals surface area contributed by atoms with Gasteiger partial charge >= 0.3 is 6.03 Å². The molecule has 2 aliphatic heterocycles. The number of hydrogen-bond donors (Lipinski definition) is 0. The third kappa shape index (κ3) is 4.90. The Kier molecular flexibility index (Phi) is 6.54. The number of unbranched alkanes of at least 4 members (excludes halogenated alkanes) is 2. The predicted octanol–water partition coefficient (Wildman–Crippen LogP) is 2.44. The molecule has 3 heterocycles. The molecule has 8 nitrogen and oxygen atoms in total. The number of piperazine rings is 1. The topological polar surface area (TPSA) is 86.2 Å². The molecule has 1 atom stereocenters. The van der Waals surface area contributed by atoms with Gasteiger partial charge in [0, 0.05) is 45.3 Å². The van der Waals surface area contributed by atoms with Crippen molar-refractivity contribution in [3.05, 3.63) is 48.7 Å². The van der Waals surface area contributed by atoms with Crippen molar-refractivity contribution < 1.29 is 14.4 Å². The number of hydrogen-bond acceptors (Lipinski definition) is 5. The largest absolute Gasteiger partial charge is 0.353 e. The molecule has 31 heavy (non-hydrogen) atoms. The van der Waals surface area contributed by atoms with E-state index in [2.05, 4.69) is 14.9 Å². The van der Waals surface area contributed by atoms with Gasteiger partial charge in [-0.1, -0.05) is 30.7 Å². The number of aliphatic imine (C=N–C) groups is 1. The molecule has 4 amide bonds. The van der Waals surface area contributed by atoms with Crippen molar-refractivity contribution in [2.24, 2.45) is 10.9 Å². The zero-order valence-electron chi connectivity index (χ0n) is 17.5. The number of allylic oxidation sites excluding steroid dienone is 3. The van der Waals surface area contributed by atoms with Crippen LogP contribution < -0.4 is 4.90 Å². The van der Waals surface area contributed by atoms with Crippen LogP contribution in [-0.2, 0) is 9.59 Å². The van der Waals surface area contributed by atoms with E-state index in [1.54, 1.807) is 30.5 Å². The molecule has 1 fully saturated rings. The summed E-state index contributed by atoms with van der Waals surface area (Å²) in [6, 6.07) is 5.37. The van der Waals surface area contributed by atoms with E-state index in [0.717, 1.165) is 31.7 Å². The fourth-order valence-corrected chi connectivity index (χ4v) is 4.09. The Morgan fingerprint density at radius 2 is 1.87 bits per heavy atom. The number of carbonyl (C=O) groups excluding carboxylic acids is 3. The minimum Gasteiger partial charge on any atom is -0.353 e. The summed E-state index contributed by atoms with van der Waals surface area (Å²) in [5, 5.41) is 0. The molecule has 0 N–H and O–H groups in total. The molecule has 1 saturated heterocycles. The first kappa shape index (κ1) is 21.0. The molecule has 1 unspecified atom stereocenters. The highest BCUT2D eigenvalue weighted by atomic mass is 16.2. The number of anilines is 1. The van der Waals surface area contributed by atoms with Crippen LogP contribution in [0.25, 0.3) is 0 Å². The molecular formula is C23H27N5O3. The third-order valence-corrected chi connectivity index (χ3v) is 5.87. The molecule has 0 radical (unpaired) electrons. The van der Waals surface area contributed by atoms with Crippen molar-refractivity contribution in [1.29, 1.82) is 0 Å². The van der Waals surface area contributed by atoms with Crippen LogP contribution in [0.1, 0.15) is 25.7 Å². The summed E-state index contributed by atoms with van der Waals surface area (Å²) >= 11 is 0. The number of aromatic nitrogens is 1. The second kappa shape index (κ2) is 9.68. The lowest BCUT2D eigenvalue weighted by Crippen LogP contribution is -2.49. The lowest BCUT2D eigenvalue weighted by molar-refractivity contribution is -0.132. The Hall–Kier alpha value is -3.29. The standard InChI is InChI=1S/C23H27N5O3/c29-21(27-16-14-26(15-17-27)20-10-5-6-12-24-20)11-2-1-7-13-28-22(30)18-8-3-4-9-19(18)25-23(28)31/h3-6,8-10,12,18H,1-2,7,11,13-17H2. The Labute approximate surface area is 181 Å². The van der Waals surface area contributed by atoms with Gasteiger partial charge < -0.3 is 9.80 Å². The number of imide groups is 1. The van der Waals surface area contributed by atoms with E-state index in [-0.39, 0.29) is 11.8 Å². The van der Waals surface area contributed by atoms with Crippen molar-refractivity contribution in [2.75, 3.05) is 37.6 Å². The molecule has 162 valence electrons. The number of amides is 4. The van der Waals surface area contributed by atoms with Crippen molar-refractivity contribution in [3.63, 3.8) is 0 Å². The minimum atomic E-state index is -0.488. The van der Waals surface area contributed by atoms with Gasteiger partial charge in [-0.05, 0) is 31.1 Å². The van der Waals surface area contributed by atoms with Crippen LogP contribution in [0.5, 0.6) is 0 Å². The Morgan fingerprint density at radius 1 is 1.03 bits per heavy atom. The number of nitrogens with zero attached hydrogens (tertiary/aromatic N) is 5. The summed E-state index contributed by atoms with van der Waals surface area (Å²) < 4.78 is 0. The first-order valence-corrected chi connectivity index (χ1v) is 10.9. The average Bonchev–Trinajstić information content (AvgIpc) is 2.81. The molecular weight excluding hydrogens is 394 g/mol. The lowest BCUT2D eigenvalue weighted by Gasteiger charge is -2.35. The van der Waals surface area contributed by atoms with E-state index in [1.165, 1.54) is 4.90 Å². The van der Waals surface area contributed by atoms with Gasteiger partial charge in [-0.2, -0.15) is 4.99 Å². The van der Waals surface area contributed by atoms with E-state index < -0.39 is 11.9 Å². The Bertz CT molecular complexity index is 916. The molecule has 0 bridgehead atoms. The smallest absolute Gasteiger partial charge is 0.350 e. The van der Waals surface area contributed by atoms with Gasteiger partial charge in [-0.15, -0.1) is 0 Å². The molecule has 1 aliphatic carbocycles. The van der Waals surface area contributed by atoms with Crippen LogP contribution in [-0.4, -0.2) is 71.1 Å². The zero-order chi connectivity index (χ0) is 21.6. The van der Waals surface area contributed by atoms with E-state index in [0.29, 0.717) is 38.2 Å². The number of carbonyl (C=O) groups is 3. The zero-order valence-corrected chi connectivity index (χ0v) is 17.5. The molecule has 0 saturated carbocycles. The van der Waals surface area contributed by atoms with Crippen molar-refractivity contribution in [1.82, 2.24) is 14.8 Å². The monoisotopic (exact) mass is 421 g/mol. The first-order chi connectivity index (χ1) is 15.1. The van der Waals surface area contributed by atoms with Crippen molar-refractivity contribution in [3.8, 4) is 0 Å². The van der Waals surface area contributed by atoms with Gasteiger partial charge in [0.2, 0.25) is 11.8 Å². The fourth-order valence-electron chi connectivity index (χ4n) is 4.09. The van der Waals surface area contributed by atoms with Crippen molar-refractivity contribution in [2.45, 2.75) is 25.7 Å². The van der Waals surface area contributed by atoms with Gasteiger partial charge in [0.15, 0.2) is 0 Å². The summed E-state index contributed by atoms with van der Waals surface area (Å²) in [5.41, 5.74) is 0.516. The molecule has 3 aliphatic rings. The van der Waals surface area contributed by atoms with Gasteiger partial charge in [0.1, 0.15) is 5.82 Å². The highest BCUT2D eigenvalue weighted by Crippen LogP contribution is 2.20. The Balaban J connectivity index is 1.15. The minimum absolute atomic E-state index is 0.166. The molecule has 1 aromatic rings. The summed E-state index contributed by atoms with van der Waals surface area (Å²) in [6.45, 7) is 3.33. The highest BCUT2D eigenvalue weighted by molar-refractivity contribution is 6.21. The number of rotatable bonds is 7. The maximum absolute atomic E-state index is 12.5. The van der Waals surface area contributed by atoms with E-state index in [1.807, 2.05) is 23.1 Å². The van der Waals surface area contributed by atoms with Gasteiger partial charge in [0.05, 0.1) is 11.6 Å². The predicted molar refractivity (Wildman–Crippen MR) is 118 cm³/mol. The van der Waals surface area contributed by atoms with Gasteiger partial charge in [-0.3, -0.25) is 14.5 Å². The van der Waals surface area contributed by atoms with E-state index >= 15 is 0 Å². The maximum atomic E-state index is 12.5. The summed E-state index contributed by atoms with van der Waals surface area (Å²) in [7, 11) is 0. The summed E-state index contributed by atoms with van der Waals surface area (Å²) in [5.74, 6) is 0.457. The van der Waals surface area contributed by atoms with Gasteiger partial charge in [0.25, 0.3) is 0 Å². The van der Waals surface area contributed by atoms with E-state index in [9.17, 15) is 14.4 Å². The molecule has 0 spiro atoms.